The molecular weight excluding hydrogens is 837 g/mol. The first-order chi connectivity index (χ1) is 25.4. The average molecular weight is 894 g/mol. The van der Waals surface area contributed by atoms with Crippen LogP contribution in [0.1, 0.15) is 83.7 Å². The van der Waals surface area contributed by atoms with Crippen LogP contribution in [-0.2, 0) is 26.5 Å². The van der Waals surface area contributed by atoms with Crippen molar-refractivity contribution in [1.82, 2.24) is 9.97 Å². The van der Waals surface area contributed by atoms with Crippen molar-refractivity contribution in [3.8, 4) is 22.5 Å². The van der Waals surface area contributed by atoms with Crippen LogP contribution in [0.5, 0.6) is 0 Å². The number of hydrogen-bond acceptors (Lipinski definition) is 3. The maximum Gasteiger partial charge on any atom is 0 e. The summed E-state index contributed by atoms with van der Waals surface area (Å²) in [6.45, 7) is 3.71. The van der Waals surface area contributed by atoms with Gasteiger partial charge in [0, 0.05) is 37.2 Å². The Morgan fingerprint density at radius 2 is 1.73 bits per heavy atom. The van der Waals surface area contributed by atoms with E-state index in [0.717, 1.165) is 61.7 Å². The van der Waals surface area contributed by atoms with Gasteiger partial charge in [-0.05, 0) is 54.9 Å². The second-order valence-electron chi connectivity index (χ2n) is 14.3. The van der Waals surface area contributed by atoms with E-state index >= 15 is 0 Å². The first-order valence-corrected chi connectivity index (χ1v) is 24.6. The van der Waals surface area contributed by atoms with Gasteiger partial charge < -0.3 is 9.40 Å². The molecule has 1 aliphatic rings. The number of hydrogen-bond donors (Lipinski definition) is 0. The van der Waals surface area contributed by atoms with Gasteiger partial charge in [0.25, 0.3) is 0 Å². The molecule has 1 fully saturated rings. The van der Waals surface area contributed by atoms with Crippen molar-refractivity contribution in [3.05, 3.63) is 114 Å². The Labute approximate surface area is 318 Å². The largest absolute Gasteiger partial charge is 0 e. The minimum atomic E-state index is -2.20. The van der Waals surface area contributed by atoms with Crippen LogP contribution in [0.15, 0.2) is 89.6 Å². The predicted molar refractivity (Wildman–Crippen MR) is 206 cm³/mol. The van der Waals surface area contributed by atoms with E-state index < -0.39 is 32.4 Å². The molecule has 0 spiro atoms. The van der Waals surface area contributed by atoms with E-state index in [1.807, 2.05) is 81.6 Å². The van der Waals surface area contributed by atoms with Gasteiger partial charge in [0.15, 0.2) is 0 Å². The monoisotopic (exact) mass is 895 g/mol. The molecular formula is C44H50GeIrN2O-2. The van der Waals surface area contributed by atoms with E-state index in [4.69, 9.17) is 12.6 Å². The number of nitrogens with zero attached hydrogens (tertiary/aromatic N) is 2. The molecule has 1 saturated carbocycles. The van der Waals surface area contributed by atoms with Crippen LogP contribution < -0.4 is 4.40 Å². The van der Waals surface area contributed by atoms with Crippen molar-refractivity contribution in [2.45, 2.75) is 89.3 Å². The summed E-state index contributed by atoms with van der Waals surface area (Å²) >= 11 is -2.20. The Morgan fingerprint density at radius 1 is 0.918 bits per heavy atom. The van der Waals surface area contributed by atoms with Crippen LogP contribution in [0.3, 0.4) is 0 Å². The number of aromatic nitrogens is 2. The molecule has 1 atom stereocenters. The van der Waals surface area contributed by atoms with Gasteiger partial charge in [-0.25, -0.2) is 0 Å². The molecule has 5 heteroatoms. The SMILES string of the molecule is [2H]C([2H])([2H])c1ccc2c(c1)oc1c(-c3cc(C([2H])(C)C4CCCCC4)ccn3)[c-]ccc12.[2H]C([2H])(c1cc(-c2[c-]cccc2)nc[c]1[Ge]([CH3])([CH3])[CH3])C(C)C.[Ir]. The number of benzene rings is 3. The molecule has 1 aliphatic carbocycles. The van der Waals surface area contributed by atoms with E-state index in [1.54, 1.807) is 24.4 Å². The van der Waals surface area contributed by atoms with E-state index in [-0.39, 0.29) is 31.6 Å². The molecule has 0 bridgehead atoms. The van der Waals surface area contributed by atoms with Crippen LogP contribution in [0.25, 0.3) is 44.5 Å². The zero-order chi connectivity index (χ0) is 39.1. The number of furan rings is 1. The van der Waals surface area contributed by atoms with Gasteiger partial charge in [-0.2, -0.15) is 0 Å². The van der Waals surface area contributed by atoms with E-state index in [2.05, 4.69) is 39.4 Å². The summed E-state index contributed by atoms with van der Waals surface area (Å²) in [6.07, 6.45) is 8.17. The van der Waals surface area contributed by atoms with Crippen molar-refractivity contribution in [1.29, 1.82) is 0 Å². The number of rotatable bonds is 7. The molecule has 257 valence electrons. The molecule has 6 aromatic rings. The summed E-state index contributed by atoms with van der Waals surface area (Å²) < 4.78 is 56.6. The molecule has 3 nitrogen and oxygen atoms in total. The Kier molecular flexibility index (Phi) is 9.88. The minimum Gasteiger partial charge on any atom is 0 e. The van der Waals surface area contributed by atoms with Crippen LogP contribution in [-0.4, -0.2) is 23.2 Å². The van der Waals surface area contributed by atoms with Gasteiger partial charge in [0.1, 0.15) is 5.58 Å². The second kappa shape index (κ2) is 16.3. The van der Waals surface area contributed by atoms with Crippen molar-refractivity contribution < 1.29 is 32.7 Å². The summed E-state index contributed by atoms with van der Waals surface area (Å²) in [5, 5.41) is 1.77. The predicted octanol–water partition coefficient (Wildman–Crippen LogP) is 11.7. The van der Waals surface area contributed by atoms with Crippen molar-refractivity contribution in [2.75, 3.05) is 0 Å². The topological polar surface area (TPSA) is 38.9 Å². The maximum absolute atomic E-state index is 9.14. The number of fused-ring (bicyclic) bond motifs is 3. The zero-order valence-corrected chi connectivity index (χ0v) is 33.9. The fraction of sp³-hybridized carbons (Fsp3) is 0.364. The van der Waals surface area contributed by atoms with Crippen molar-refractivity contribution in [3.63, 3.8) is 0 Å². The van der Waals surface area contributed by atoms with Crippen LogP contribution in [0.2, 0.25) is 17.3 Å². The molecule has 0 aliphatic heterocycles. The third-order valence-corrected chi connectivity index (χ3v) is 13.5. The Hall–Kier alpha value is -3.05. The first-order valence-electron chi connectivity index (χ1n) is 20.2. The number of aryl methyl sites for hydroxylation is 1. The Bertz CT molecular complexity index is 2240. The molecule has 0 saturated heterocycles. The second-order valence-corrected chi connectivity index (χ2v) is 24.9. The van der Waals surface area contributed by atoms with Gasteiger partial charge in [-0.15, -0.1) is 18.2 Å². The van der Waals surface area contributed by atoms with Crippen molar-refractivity contribution in [2.24, 2.45) is 11.8 Å². The van der Waals surface area contributed by atoms with Gasteiger partial charge >= 0.3 is 128 Å². The van der Waals surface area contributed by atoms with Crippen molar-refractivity contribution >= 4 is 39.6 Å². The van der Waals surface area contributed by atoms with Gasteiger partial charge in [-0.3, -0.25) is 0 Å². The van der Waals surface area contributed by atoms with Gasteiger partial charge in [-0.1, -0.05) is 60.9 Å². The smallest absolute Gasteiger partial charge is 0 e. The molecule has 3 aromatic carbocycles. The Morgan fingerprint density at radius 3 is 2.45 bits per heavy atom. The fourth-order valence-electron chi connectivity index (χ4n) is 6.70. The molecule has 1 unspecified atom stereocenters. The molecule has 49 heavy (non-hydrogen) atoms. The standard InChI is InChI=1S/C26H26NO.C18H24GeN.Ir/c1-17-11-12-21-22-9-6-10-23(26(22)28-25(21)15-17)24-16-20(13-14-27-24)18(2)19-7-4-3-5-8-19;1-14(2)11-16-12-18(15-9-7-6-8-10-15)20-13-17(16)19(3,4)5;/h6,9,11-16,18-19H,3-5,7-8H2,1-2H3;6-9,12-14H,11H2,1-5H3;/q2*-1;/i1D3,18D;11D2;. The quantitative estimate of drug-likeness (QED) is 0.118. The van der Waals surface area contributed by atoms with E-state index in [1.165, 1.54) is 19.3 Å². The van der Waals surface area contributed by atoms with Gasteiger partial charge in [0.05, 0.1) is 5.58 Å². The van der Waals surface area contributed by atoms with Gasteiger partial charge in [0.2, 0.25) is 0 Å². The maximum atomic E-state index is 9.14. The summed E-state index contributed by atoms with van der Waals surface area (Å²) in [7, 11) is 0. The van der Waals surface area contributed by atoms with Crippen LogP contribution in [0.4, 0.5) is 0 Å². The molecule has 0 N–H and O–H groups in total. The number of pyridine rings is 2. The molecule has 3 heterocycles. The molecule has 0 amide bonds. The normalized spacial score (nSPS) is 17.4. The van der Waals surface area contributed by atoms with Crippen LogP contribution >= 0.6 is 0 Å². The summed E-state index contributed by atoms with van der Waals surface area (Å²) in [4.78, 5) is 9.18. The van der Waals surface area contributed by atoms with E-state index in [9.17, 15) is 0 Å². The summed E-state index contributed by atoms with van der Waals surface area (Å²) in [6, 6.07) is 28.9. The summed E-state index contributed by atoms with van der Waals surface area (Å²) in [5.74, 6) is 6.44. The third kappa shape index (κ3) is 8.82. The average Bonchev–Trinajstić information content (AvgIpc) is 3.53. The third-order valence-electron chi connectivity index (χ3n) is 9.26. The minimum absolute atomic E-state index is 0. The van der Waals surface area contributed by atoms with Crippen LogP contribution in [0, 0.1) is 30.8 Å². The summed E-state index contributed by atoms with van der Waals surface area (Å²) in [5.41, 5.74) is 6.38. The van der Waals surface area contributed by atoms with E-state index in [0.29, 0.717) is 17.1 Å². The first kappa shape index (κ1) is 29.7. The zero-order valence-electron chi connectivity index (χ0n) is 35.4. The molecule has 1 radical (unpaired) electrons. The molecule has 3 aromatic heterocycles. The Balaban J connectivity index is 0.000000222. The molecule has 7 rings (SSSR count). The fourth-order valence-corrected chi connectivity index (χ4v) is 9.65.